The Morgan fingerprint density at radius 1 is 1.07 bits per heavy atom. The predicted molar refractivity (Wildman–Crippen MR) is 100 cm³/mol. The molecule has 2 aromatic carbocycles. The van der Waals surface area contributed by atoms with Gasteiger partial charge in [-0.25, -0.2) is 4.79 Å². The molecule has 0 bridgehead atoms. The summed E-state index contributed by atoms with van der Waals surface area (Å²) in [7, 11) is 0. The minimum Gasteiger partial charge on any atom is -0.451 e. The Kier molecular flexibility index (Phi) is 5.81. The Labute approximate surface area is 165 Å². The Morgan fingerprint density at radius 2 is 1.82 bits per heavy atom. The fraction of sp³-hybridized carbons (Fsp3) is 0.105. The van der Waals surface area contributed by atoms with Gasteiger partial charge >= 0.3 is 5.97 Å². The summed E-state index contributed by atoms with van der Waals surface area (Å²) in [6.07, 6.45) is 0. The van der Waals surface area contributed by atoms with Crippen molar-refractivity contribution in [3.8, 4) is 5.69 Å². The van der Waals surface area contributed by atoms with Crippen molar-refractivity contribution in [3.05, 3.63) is 76.6 Å². The van der Waals surface area contributed by atoms with E-state index in [0.717, 1.165) is 0 Å². The lowest BCUT2D eigenvalue weighted by Gasteiger charge is -2.05. The van der Waals surface area contributed by atoms with Crippen molar-refractivity contribution < 1.29 is 19.1 Å². The van der Waals surface area contributed by atoms with Crippen LogP contribution in [0.25, 0.3) is 5.69 Å². The van der Waals surface area contributed by atoms with Crippen LogP contribution in [-0.4, -0.2) is 39.4 Å². The van der Waals surface area contributed by atoms with E-state index in [1.165, 1.54) is 4.80 Å². The first-order valence-corrected chi connectivity index (χ1v) is 8.58. The minimum atomic E-state index is -0.826. The molecule has 0 saturated heterocycles. The van der Waals surface area contributed by atoms with Gasteiger partial charge in [0.05, 0.1) is 11.4 Å². The number of benzene rings is 2. The van der Waals surface area contributed by atoms with Gasteiger partial charge in [-0.1, -0.05) is 35.9 Å². The van der Waals surface area contributed by atoms with Gasteiger partial charge in [-0.2, -0.15) is 9.90 Å². The number of amides is 2. The topological polar surface area (TPSA) is 103 Å². The average molecular weight is 399 g/mol. The van der Waals surface area contributed by atoms with E-state index < -0.39 is 24.4 Å². The SMILES string of the molecule is Cc1nn(-c2cccc(Cl)c2)nc1C(=O)OCC(=O)NC(=O)c1ccccc1. The molecule has 0 atom stereocenters. The van der Waals surface area contributed by atoms with Gasteiger partial charge < -0.3 is 4.74 Å². The smallest absolute Gasteiger partial charge is 0.361 e. The second kappa shape index (κ2) is 8.45. The van der Waals surface area contributed by atoms with E-state index in [4.69, 9.17) is 16.3 Å². The van der Waals surface area contributed by atoms with Crippen LogP contribution in [0.3, 0.4) is 0 Å². The summed E-state index contributed by atoms with van der Waals surface area (Å²) in [4.78, 5) is 37.2. The molecule has 1 aromatic heterocycles. The summed E-state index contributed by atoms with van der Waals surface area (Å²) in [6.45, 7) is 0.963. The van der Waals surface area contributed by atoms with E-state index in [1.807, 2.05) is 0 Å². The lowest BCUT2D eigenvalue weighted by molar-refractivity contribution is -0.123. The molecule has 0 spiro atoms. The van der Waals surface area contributed by atoms with Crippen molar-refractivity contribution in [3.63, 3.8) is 0 Å². The molecule has 3 aromatic rings. The second-order valence-electron chi connectivity index (χ2n) is 5.72. The maximum Gasteiger partial charge on any atom is 0.361 e. The third-order valence-electron chi connectivity index (χ3n) is 3.64. The van der Waals surface area contributed by atoms with Crippen molar-refractivity contribution in [1.82, 2.24) is 20.3 Å². The van der Waals surface area contributed by atoms with Gasteiger partial charge in [0.2, 0.25) is 0 Å². The highest BCUT2D eigenvalue weighted by Crippen LogP contribution is 2.14. The van der Waals surface area contributed by atoms with Crippen LogP contribution in [-0.2, 0) is 9.53 Å². The molecule has 28 heavy (non-hydrogen) atoms. The third kappa shape index (κ3) is 4.60. The van der Waals surface area contributed by atoms with Crippen LogP contribution in [0.4, 0.5) is 0 Å². The summed E-state index contributed by atoms with van der Waals surface area (Å²) < 4.78 is 4.94. The van der Waals surface area contributed by atoms with Crippen LogP contribution >= 0.6 is 11.6 Å². The van der Waals surface area contributed by atoms with Gasteiger partial charge in [-0.15, -0.1) is 5.10 Å². The number of nitrogens with one attached hydrogen (secondary N) is 1. The monoisotopic (exact) mass is 398 g/mol. The van der Waals surface area contributed by atoms with Gasteiger partial charge in [0.1, 0.15) is 0 Å². The van der Waals surface area contributed by atoms with Crippen molar-refractivity contribution in [1.29, 1.82) is 0 Å². The standard InChI is InChI=1S/C19H15ClN4O4/c1-12-17(23-24(22-12)15-9-5-8-14(20)10-15)19(27)28-11-16(25)21-18(26)13-6-3-2-4-7-13/h2-10H,11H2,1H3,(H,21,25,26). The van der Waals surface area contributed by atoms with Crippen LogP contribution < -0.4 is 5.32 Å². The first kappa shape index (κ1) is 19.2. The Balaban J connectivity index is 1.60. The van der Waals surface area contributed by atoms with E-state index in [2.05, 4.69) is 15.5 Å². The number of nitrogens with zero attached hydrogens (tertiary/aromatic N) is 3. The molecule has 8 nitrogen and oxygen atoms in total. The van der Waals surface area contributed by atoms with E-state index in [9.17, 15) is 14.4 Å². The molecule has 0 radical (unpaired) electrons. The zero-order valence-corrected chi connectivity index (χ0v) is 15.5. The molecule has 0 unspecified atom stereocenters. The van der Waals surface area contributed by atoms with Gasteiger partial charge in [-0.05, 0) is 37.3 Å². The van der Waals surface area contributed by atoms with E-state index in [-0.39, 0.29) is 5.69 Å². The number of halogens is 1. The van der Waals surface area contributed by atoms with E-state index in [1.54, 1.807) is 61.5 Å². The second-order valence-corrected chi connectivity index (χ2v) is 6.16. The summed E-state index contributed by atoms with van der Waals surface area (Å²) in [5, 5.41) is 10.9. The molecule has 0 aliphatic carbocycles. The Hall–Kier alpha value is -3.52. The molecule has 9 heteroatoms. The number of ether oxygens (including phenoxy) is 1. The number of aromatic nitrogens is 3. The number of carbonyl (C=O) groups excluding carboxylic acids is 3. The molecular formula is C19H15ClN4O4. The van der Waals surface area contributed by atoms with Crippen molar-refractivity contribution in [2.75, 3.05) is 6.61 Å². The molecule has 3 rings (SSSR count). The quantitative estimate of drug-likeness (QED) is 0.661. The number of hydrogen-bond acceptors (Lipinski definition) is 6. The number of hydrogen-bond donors (Lipinski definition) is 1. The number of carbonyl (C=O) groups is 3. The Bertz CT molecular complexity index is 1030. The fourth-order valence-electron chi connectivity index (χ4n) is 2.31. The van der Waals surface area contributed by atoms with Crippen molar-refractivity contribution in [2.45, 2.75) is 6.92 Å². The zero-order chi connectivity index (χ0) is 20.1. The first-order chi connectivity index (χ1) is 13.4. The third-order valence-corrected chi connectivity index (χ3v) is 3.87. The highest BCUT2D eigenvalue weighted by Gasteiger charge is 2.20. The molecule has 142 valence electrons. The molecular weight excluding hydrogens is 384 g/mol. The number of esters is 1. The van der Waals surface area contributed by atoms with Crippen molar-refractivity contribution >= 4 is 29.4 Å². The fourth-order valence-corrected chi connectivity index (χ4v) is 2.49. The molecule has 2 amide bonds. The summed E-state index contributed by atoms with van der Waals surface area (Å²) >= 11 is 5.94. The number of imide groups is 1. The minimum absolute atomic E-state index is 0.0397. The highest BCUT2D eigenvalue weighted by molar-refractivity contribution is 6.30. The van der Waals surface area contributed by atoms with Gasteiger partial charge in [-0.3, -0.25) is 14.9 Å². The van der Waals surface area contributed by atoms with Crippen LogP contribution in [0.15, 0.2) is 54.6 Å². The Morgan fingerprint density at radius 3 is 2.54 bits per heavy atom. The van der Waals surface area contributed by atoms with Crippen LogP contribution in [0.1, 0.15) is 26.5 Å². The first-order valence-electron chi connectivity index (χ1n) is 8.20. The van der Waals surface area contributed by atoms with Gasteiger partial charge in [0.15, 0.2) is 12.3 Å². The molecule has 0 aliphatic rings. The predicted octanol–water partition coefficient (Wildman–Crippen LogP) is 2.34. The molecule has 0 aliphatic heterocycles. The molecule has 0 saturated carbocycles. The summed E-state index contributed by atoms with van der Waals surface area (Å²) in [5.74, 6) is -2.15. The maximum atomic E-state index is 12.2. The summed E-state index contributed by atoms with van der Waals surface area (Å²) in [6, 6.07) is 15.0. The largest absolute Gasteiger partial charge is 0.451 e. The van der Waals surface area contributed by atoms with Crippen LogP contribution in [0, 0.1) is 6.92 Å². The van der Waals surface area contributed by atoms with Crippen molar-refractivity contribution in [2.24, 2.45) is 0 Å². The molecule has 0 fully saturated rings. The van der Waals surface area contributed by atoms with E-state index in [0.29, 0.717) is 22.0 Å². The van der Waals surface area contributed by atoms with Crippen LogP contribution in [0.2, 0.25) is 5.02 Å². The normalized spacial score (nSPS) is 10.4. The maximum absolute atomic E-state index is 12.2. The van der Waals surface area contributed by atoms with Gasteiger partial charge in [0.25, 0.3) is 11.8 Å². The molecule has 1 N–H and O–H groups in total. The molecule has 1 heterocycles. The summed E-state index contributed by atoms with van der Waals surface area (Å²) in [5.41, 5.74) is 1.18. The number of rotatable bonds is 5. The van der Waals surface area contributed by atoms with Crippen LogP contribution in [0.5, 0.6) is 0 Å². The lowest BCUT2D eigenvalue weighted by atomic mass is 10.2. The lowest BCUT2D eigenvalue weighted by Crippen LogP contribution is -2.34. The zero-order valence-electron chi connectivity index (χ0n) is 14.8. The van der Waals surface area contributed by atoms with E-state index >= 15 is 0 Å². The van der Waals surface area contributed by atoms with Gasteiger partial charge in [0, 0.05) is 10.6 Å². The highest BCUT2D eigenvalue weighted by atomic mass is 35.5. The average Bonchev–Trinajstić information content (AvgIpc) is 3.08. The number of aryl methyl sites for hydroxylation is 1.